The molecule has 0 saturated carbocycles. The summed E-state index contributed by atoms with van der Waals surface area (Å²) in [6, 6.07) is 7.16. The van der Waals surface area contributed by atoms with E-state index in [1.165, 1.54) is 12.7 Å². The Balaban J connectivity index is 2.11. The Bertz CT molecular complexity index is 616. The predicted octanol–water partition coefficient (Wildman–Crippen LogP) is 1.52. The zero-order valence-corrected chi connectivity index (χ0v) is 12.1. The van der Waals surface area contributed by atoms with E-state index in [0.29, 0.717) is 11.5 Å². The van der Waals surface area contributed by atoms with E-state index >= 15 is 0 Å². The van der Waals surface area contributed by atoms with Gasteiger partial charge in [-0.05, 0) is 36.2 Å². The molecule has 110 valence electrons. The summed E-state index contributed by atoms with van der Waals surface area (Å²) in [4.78, 5) is 21.7. The Morgan fingerprint density at radius 3 is 2.67 bits per heavy atom. The van der Waals surface area contributed by atoms with Crippen LogP contribution in [0.15, 0.2) is 36.7 Å². The van der Waals surface area contributed by atoms with Crippen molar-refractivity contribution in [3.63, 3.8) is 0 Å². The Morgan fingerprint density at radius 1 is 1.29 bits per heavy atom. The number of carbonyl (C=O) groups excluding carboxylic acids is 1. The number of rotatable bonds is 5. The van der Waals surface area contributed by atoms with Crippen molar-refractivity contribution in [2.24, 2.45) is 0 Å². The number of carbonyl (C=O) groups is 1. The molecule has 0 atom stereocenters. The van der Waals surface area contributed by atoms with Gasteiger partial charge in [0.15, 0.2) is 11.5 Å². The van der Waals surface area contributed by atoms with Crippen LogP contribution in [0.5, 0.6) is 0 Å². The van der Waals surface area contributed by atoms with Crippen molar-refractivity contribution in [2.45, 2.75) is 6.42 Å². The summed E-state index contributed by atoms with van der Waals surface area (Å²) in [6.07, 6.45) is 4.36. The van der Waals surface area contributed by atoms with Crippen molar-refractivity contribution in [1.29, 1.82) is 0 Å². The number of anilines is 2. The molecule has 0 saturated heterocycles. The van der Waals surface area contributed by atoms with Gasteiger partial charge in [0.2, 0.25) is 0 Å². The van der Waals surface area contributed by atoms with Crippen LogP contribution >= 0.6 is 0 Å². The van der Waals surface area contributed by atoms with Crippen LogP contribution < -0.4 is 10.6 Å². The summed E-state index contributed by atoms with van der Waals surface area (Å²) in [5.41, 5.74) is 7.89. The maximum atomic E-state index is 11.5. The van der Waals surface area contributed by atoms with Crippen molar-refractivity contribution in [3.05, 3.63) is 47.9 Å². The zero-order valence-electron chi connectivity index (χ0n) is 12.1. The van der Waals surface area contributed by atoms with Crippen molar-refractivity contribution in [3.8, 4) is 0 Å². The number of aromatic nitrogens is 2. The first-order valence-electron chi connectivity index (χ1n) is 6.56. The van der Waals surface area contributed by atoms with E-state index in [1.54, 1.807) is 24.5 Å². The van der Waals surface area contributed by atoms with Crippen LogP contribution in [0.1, 0.15) is 16.1 Å². The SMILES string of the molecule is COC(=O)c1ccc(N)c(N(C)CCc2ccncc2)n1. The summed E-state index contributed by atoms with van der Waals surface area (Å²) in [6.45, 7) is 0.728. The second-order valence-corrected chi connectivity index (χ2v) is 4.63. The third-order valence-corrected chi connectivity index (χ3v) is 3.15. The van der Waals surface area contributed by atoms with Gasteiger partial charge in [-0.15, -0.1) is 0 Å². The number of esters is 1. The highest BCUT2D eigenvalue weighted by Crippen LogP contribution is 2.20. The van der Waals surface area contributed by atoms with Crippen LogP contribution in [0.2, 0.25) is 0 Å². The van der Waals surface area contributed by atoms with Crippen LogP contribution in [-0.2, 0) is 11.2 Å². The van der Waals surface area contributed by atoms with Crippen LogP contribution in [0.3, 0.4) is 0 Å². The van der Waals surface area contributed by atoms with Gasteiger partial charge in [0.25, 0.3) is 0 Å². The molecule has 0 aromatic carbocycles. The standard InChI is InChI=1S/C15H18N4O2/c1-19(10-7-11-5-8-17-9-6-11)14-12(16)3-4-13(18-14)15(20)21-2/h3-6,8-9H,7,10,16H2,1-2H3. The first-order valence-corrected chi connectivity index (χ1v) is 6.56. The van der Waals surface area contributed by atoms with Gasteiger partial charge >= 0.3 is 5.97 Å². The molecule has 6 heteroatoms. The average Bonchev–Trinajstić information content (AvgIpc) is 2.53. The molecule has 2 heterocycles. The summed E-state index contributed by atoms with van der Waals surface area (Å²) in [5, 5.41) is 0. The molecular formula is C15H18N4O2. The Kier molecular flexibility index (Phi) is 4.71. The van der Waals surface area contributed by atoms with Gasteiger partial charge in [-0.3, -0.25) is 4.98 Å². The highest BCUT2D eigenvalue weighted by molar-refractivity contribution is 5.88. The topological polar surface area (TPSA) is 81.3 Å². The van der Waals surface area contributed by atoms with Crippen LogP contribution in [0, 0.1) is 0 Å². The van der Waals surface area contributed by atoms with Gasteiger partial charge in [-0.1, -0.05) is 0 Å². The molecule has 0 spiro atoms. The number of nitrogen functional groups attached to an aromatic ring is 1. The molecule has 0 radical (unpaired) electrons. The zero-order chi connectivity index (χ0) is 15.2. The van der Waals surface area contributed by atoms with Crippen LogP contribution in [-0.4, -0.2) is 36.6 Å². The molecule has 0 bridgehead atoms. The van der Waals surface area contributed by atoms with E-state index in [0.717, 1.165) is 13.0 Å². The lowest BCUT2D eigenvalue weighted by Gasteiger charge is -2.20. The lowest BCUT2D eigenvalue weighted by molar-refractivity contribution is 0.0594. The summed E-state index contributed by atoms with van der Waals surface area (Å²) in [5.74, 6) is 0.103. The van der Waals surface area contributed by atoms with Crippen molar-refractivity contribution in [2.75, 3.05) is 31.3 Å². The lowest BCUT2D eigenvalue weighted by Crippen LogP contribution is -2.23. The van der Waals surface area contributed by atoms with Gasteiger partial charge in [0, 0.05) is 26.0 Å². The normalized spacial score (nSPS) is 10.2. The molecule has 2 N–H and O–H groups in total. The molecule has 21 heavy (non-hydrogen) atoms. The molecular weight excluding hydrogens is 268 g/mol. The van der Waals surface area contributed by atoms with Gasteiger partial charge in [-0.25, -0.2) is 9.78 Å². The Labute approximate surface area is 123 Å². The van der Waals surface area contributed by atoms with Crippen LogP contribution in [0.25, 0.3) is 0 Å². The average molecular weight is 286 g/mol. The molecule has 0 fully saturated rings. The maximum absolute atomic E-state index is 11.5. The Morgan fingerprint density at radius 2 is 2.00 bits per heavy atom. The Hall–Kier alpha value is -2.63. The number of pyridine rings is 2. The number of nitrogens with zero attached hydrogens (tertiary/aromatic N) is 3. The molecule has 2 aromatic rings. The highest BCUT2D eigenvalue weighted by atomic mass is 16.5. The maximum Gasteiger partial charge on any atom is 0.356 e. The smallest absolute Gasteiger partial charge is 0.356 e. The molecule has 0 aliphatic rings. The molecule has 0 aliphatic carbocycles. The molecule has 0 unspecified atom stereocenters. The first-order chi connectivity index (χ1) is 10.1. The van der Waals surface area contributed by atoms with Gasteiger partial charge in [0.05, 0.1) is 12.8 Å². The quantitative estimate of drug-likeness (QED) is 0.839. The third-order valence-electron chi connectivity index (χ3n) is 3.15. The highest BCUT2D eigenvalue weighted by Gasteiger charge is 2.13. The number of likely N-dealkylation sites (N-methyl/N-ethyl adjacent to an activating group) is 1. The lowest BCUT2D eigenvalue weighted by atomic mass is 10.2. The first kappa shape index (κ1) is 14.8. The summed E-state index contributed by atoms with van der Waals surface area (Å²) in [7, 11) is 3.22. The van der Waals surface area contributed by atoms with Gasteiger partial charge in [0.1, 0.15) is 0 Å². The minimum atomic E-state index is -0.473. The molecule has 0 amide bonds. The molecule has 0 aliphatic heterocycles. The van der Waals surface area contributed by atoms with E-state index in [2.05, 4.69) is 14.7 Å². The third kappa shape index (κ3) is 3.68. The van der Waals surface area contributed by atoms with E-state index in [9.17, 15) is 4.79 Å². The van der Waals surface area contributed by atoms with E-state index in [4.69, 9.17) is 5.73 Å². The number of ether oxygens (including phenoxy) is 1. The number of nitrogens with two attached hydrogens (primary N) is 1. The summed E-state index contributed by atoms with van der Waals surface area (Å²) < 4.78 is 4.67. The predicted molar refractivity (Wildman–Crippen MR) is 81.2 cm³/mol. The number of hydrogen-bond donors (Lipinski definition) is 1. The fourth-order valence-electron chi connectivity index (χ4n) is 1.94. The molecule has 2 aromatic heterocycles. The minimum absolute atomic E-state index is 0.248. The van der Waals surface area contributed by atoms with E-state index in [-0.39, 0.29) is 5.69 Å². The van der Waals surface area contributed by atoms with Gasteiger partial charge < -0.3 is 15.4 Å². The minimum Gasteiger partial charge on any atom is -0.464 e. The molecule has 2 rings (SSSR count). The second-order valence-electron chi connectivity index (χ2n) is 4.63. The molecule has 6 nitrogen and oxygen atoms in total. The van der Waals surface area contributed by atoms with E-state index < -0.39 is 5.97 Å². The van der Waals surface area contributed by atoms with Crippen molar-refractivity contribution >= 4 is 17.5 Å². The van der Waals surface area contributed by atoms with Crippen LogP contribution in [0.4, 0.5) is 11.5 Å². The van der Waals surface area contributed by atoms with Gasteiger partial charge in [-0.2, -0.15) is 0 Å². The largest absolute Gasteiger partial charge is 0.464 e. The number of hydrogen-bond acceptors (Lipinski definition) is 6. The fraction of sp³-hybridized carbons (Fsp3) is 0.267. The van der Waals surface area contributed by atoms with E-state index in [1.807, 2.05) is 24.1 Å². The van der Waals surface area contributed by atoms with Crippen molar-refractivity contribution in [1.82, 2.24) is 9.97 Å². The fourth-order valence-corrected chi connectivity index (χ4v) is 1.94. The summed E-state index contributed by atoms with van der Waals surface area (Å²) >= 11 is 0. The van der Waals surface area contributed by atoms with Crippen molar-refractivity contribution < 1.29 is 9.53 Å². The number of methoxy groups -OCH3 is 1. The second kappa shape index (κ2) is 6.69. The monoisotopic (exact) mass is 286 g/mol.